The van der Waals surface area contributed by atoms with Crippen LogP contribution in [0.15, 0.2) is 12.2 Å². The lowest BCUT2D eigenvalue weighted by atomic mass is 10.4. The van der Waals surface area contributed by atoms with E-state index in [0.29, 0.717) is 0 Å². The lowest BCUT2D eigenvalue weighted by molar-refractivity contribution is 0.339. The van der Waals surface area contributed by atoms with E-state index >= 15 is 0 Å². The molecule has 0 aromatic carbocycles. The smallest absolute Gasteiger partial charge is 0.0576 e. The predicted octanol–water partition coefficient (Wildman–Crippen LogP) is 5.32. The molecule has 1 heterocycles. The Kier molecular flexibility index (Phi) is 8.01. The maximum atomic E-state index is 4.21. The summed E-state index contributed by atoms with van der Waals surface area (Å²) in [6, 6.07) is 5.97. The zero-order chi connectivity index (χ0) is 14.1. The molecule has 1 nitrogen and oxygen atoms in total. The second-order valence-electron chi connectivity index (χ2n) is 6.79. The highest BCUT2D eigenvalue weighted by atomic mass is 28.3. The van der Waals surface area contributed by atoms with Gasteiger partial charge in [-0.25, -0.2) is 0 Å². The van der Waals surface area contributed by atoms with Crippen molar-refractivity contribution in [2.24, 2.45) is 0 Å². The molecule has 1 aliphatic rings. The highest BCUT2D eigenvalue weighted by molar-refractivity contribution is 6.80. The SMILES string of the molecule is C=C(C)C[Si](CCC)(CCC)CCCN1CCCC1. The van der Waals surface area contributed by atoms with Gasteiger partial charge >= 0.3 is 0 Å². The van der Waals surface area contributed by atoms with Crippen molar-refractivity contribution >= 4 is 8.07 Å². The Balaban J connectivity index is 2.47. The molecule has 0 saturated carbocycles. The Labute approximate surface area is 122 Å². The van der Waals surface area contributed by atoms with Crippen LogP contribution in [0.3, 0.4) is 0 Å². The molecule has 0 aliphatic carbocycles. The molecular weight excluding hydrogens is 246 g/mol. The maximum absolute atomic E-state index is 4.21. The standard InChI is InChI=1S/C17H35NSi/c1-5-13-19(14-6-2,16-17(3)4)15-9-12-18-10-7-8-11-18/h3,5-16H2,1-2,4H3. The lowest BCUT2D eigenvalue weighted by Gasteiger charge is -2.32. The van der Waals surface area contributed by atoms with Gasteiger partial charge in [0.2, 0.25) is 0 Å². The van der Waals surface area contributed by atoms with Crippen LogP contribution in [-0.4, -0.2) is 32.6 Å². The molecule has 0 N–H and O–H groups in total. The van der Waals surface area contributed by atoms with Gasteiger partial charge in [-0.3, -0.25) is 0 Å². The summed E-state index contributed by atoms with van der Waals surface area (Å²) in [6.07, 6.45) is 7.06. The molecule has 1 fully saturated rings. The summed E-state index contributed by atoms with van der Waals surface area (Å²) in [4.78, 5) is 2.68. The highest BCUT2D eigenvalue weighted by Crippen LogP contribution is 2.33. The summed E-state index contributed by atoms with van der Waals surface area (Å²) in [5, 5.41) is 0. The number of nitrogens with zero attached hydrogens (tertiary/aromatic N) is 1. The van der Waals surface area contributed by atoms with Gasteiger partial charge in [0.15, 0.2) is 0 Å². The van der Waals surface area contributed by atoms with Crippen molar-refractivity contribution in [2.45, 2.75) is 77.1 Å². The molecule has 0 radical (unpaired) electrons. The normalized spacial score (nSPS) is 17.0. The minimum Gasteiger partial charge on any atom is -0.303 e. The molecule has 112 valence electrons. The summed E-state index contributed by atoms with van der Waals surface area (Å²) in [5.41, 5.74) is 1.44. The van der Waals surface area contributed by atoms with Gasteiger partial charge in [-0.1, -0.05) is 50.4 Å². The number of allylic oxidation sites excluding steroid dienone is 1. The zero-order valence-electron chi connectivity index (χ0n) is 13.6. The third kappa shape index (κ3) is 6.27. The fraction of sp³-hybridized carbons (Fsp3) is 0.882. The fourth-order valence-corrected chi connectivity index (χ4v) is 9.61. The van der Waals surface area contributed by atoms with Crippen LogP contribution in [0.1, 0.15) is 52.9 Å². The van der Waals surface area contributed by atoms with Crippen molar-refractivity contribution in [3.63, 3.8) is 0 Å². The molecule has 0 aromatic rings. The molecule has 19 heavy (non-hydrogen) atoms. The minimum atomic E-state index is -1.06. The van der Waals surface area contributed by atoms with Gasteiger partial charge in [-0.2, -0.15) is 0 Å². The summed E-state index contributed by atoms with van der Waals surface area (Å²) in [7, 11) is -1.06. The largest absolute Gasteiger partial charge is 0.303 e. The van der Waals surface area contributed by atoms with Crippen molar-refractivity contribution in [3.05, 3.63) is 12.2 Å². The van der Waals surface area contributed by atoms with E-state index in [1.165, 1.54) is 81.5 Å². The molecule has 0 bridgehead atoms. The molecule has 1 aliphatic heterocycles. The van der Waals surface area contributed by atoms with Crippen LogP contribution in [0.2, 0.25) is 24.2 Å². The predicted molar refractivity (Wildman–Crippen MR) is 90.7 cm³/mol. The highest BCUT2D eigenvalue weighted by Gasteiger charge is 2.30. The van der Waals surface area contributed by atoms with Gasteiger partial charge < -0.3 is 4.90 Å². The monoisotopic (exact) mass is 281 g/mol. The van der Waals surface area contributed by atoms with E-state index in [1.807, 2.05) is 0 Å². The van der Waals surface area contributed by atoms with Crippen LogP contribution < -0.4 is 0 Å². The molecule has 0 aromatic heterocycles. The molecule has 0 unspecified atom stereocenters. The minimum absolute atomic E-state index is 1.06. The van der Waals surface area contributed by atoms with E-state index in [9.17, 15) is 0 Å². The maximum Gasteiger partial charge on any atom is 0.0576 e. The summed E-state index contributed by atoms with van der Waals surface area (Å²) in [6.45, 7) is 15.3. The van der Waals surface area contributed by atoms with Crippen LogP contribution in [0.4, 0.5) is 0 Å². The van der Waals surface area contributed by atoms with Crippen LogP contribution >= 0.6 is 0 Å². The van der Waals surface area contributed by atoms with Crippen LogP contribution in [-0.2, 0) is 0 Å². The van der Waals surface area contributed by atoms with E-state index in [1.54, 1.807) is 0 Å². The van der Waals surface area contributed by atoms with Gasteiger partial charge in [0, 0.05) is 0 Å². The Morgan fingerprint density at radius 2 is 1.63 bits per heavy atom. The van der Waals surface area contributed by atoms with Gasteiger partial charge in [0.25, 0.3) is 0 Å². The Bertz CT molecular complexity index is 250. The van der Waals surface area contributed by atoms with Crippen molar-refractivity contribution in [2.75, 3.05) is 19.6 Å². The quantitative estimate of drug-likeness (QED) is 0.387. The first-order valence-electron chi connectivity index (χ1n) is 8.48. The first kappa shape index (κ1) is 17.0. The molecule has 1 rings (SSSR count). The first-order valence-corrected chi connectivity index (χ1v) is 11.3. The second-order valence-corrected chi connectivity index (χ2v) is 11.6. The van der Waals surface area contributed by atoms with Gasteiger partial charge in [-0.15, -0.1) is 6.58 Å². The van der Waals surface area contributed by atoms with Crippen molar-refractivity contribution < 1.29 is 0 Å². The Morgan fingerprint density at radius 3 is 2.11 bits per heavy atom. The van der Waals surface area contributed by atoms with Crippen molar-refractivity contribution in [1.29, 1.82) is 0 Å². The average Bonchev–Trinajstić information content (AvgIpc) is 2.81. The van der Waals surface area contributed by atoms with Crippen LogP contribution in [0, 0.1) is 0 Å². The lowest BCUT2D eigenvalue weighted by Crippen LogP contribution is -2.35. The molecule has 0 amide bonds. The Hall–Kier alpha value is -0.0831. The van der Waals surface area contributed by atoms with E-state index < -0.39 is 8.07 Å². The average molecular weight is 282 g/mol. The number of hydrogen-bond acceptors (Lipinski definition) is 1. The van der Waals surface area contributed by atoms with E-state index in [0.717, 1.165) is 0 Å². The van der Waals surface area contributed by atoms with E-state index in [2.05, 4.69) is 32.3 Å². The van der Waals surface area contributed by atoms with Crippen LogP contribution in [0.25, 0.3) is 0 Å². The topological polar surface area (TPSA) is 3.24 Å². The summed E-state index contributed by atoms with van der Waals surface area (Å²) < 4.78 is 0. The second kappa shape index (κ2) is 8.96. The number of hydrogen-bond donors (Lipinski definition) is 0. The number of likely N-dealkylation sites (tertiary alicyclic amines) is 1. The molecule has 0 atom stereocenters. The van der Waals surface area contributed by atoms with Crippen LogP contribution in [0.5, 0.6) is 0 Å². The van der Waals surface area contributed by atoms with E-state index in [4.69, 9.17) is 0 Å². The van der Waals surface area contributed by atoms with Crippen molar-refractivity contribution in [3.8, 4) is 0 Å². The first-order chi connectivity index (χ1) is 9.12. The Morgan fingerprint density at radius 1 is 1.05 bits per heavy atom. The van der Waals surface area contributed by atoms with Gasteiger partial charge in [0.1, 0.15) is 0 Å². The summed E-state index contributed by atoms with van der Waals surface area (Å²) >= 11 is 0. The third-order valence-electron chi connectivity index (χ3n) is 4.62. The fourth-order valence-electron chi connectivity index (χ4n) is 4.02. The van der Waals surface area contributed by atoms with E-state index in [-0.39, 0.29) is 0 Å². The molecule has 2 heteroatoms. The summed E-state index contributed by atoms with van der Waals surface area (Å²) in [5.74, 6) is 0. The molecule has 0 spiro atoms. The number of rotatable bonds is 10. The van der Waals surface area contributed by atoms with Crippen molar-refractivity contribution in [1.82, 2.24) is 4.90 Å². The van der Waals surface area contributed by atoms with Gasteiger partial charge in [-0.05, 0) is 51.9 Å². The molecular formula is C17H35NSi. The zero-order valence-corrected chi connectivity index (χ0v) is 14.6. The third-order valence-corrected chi connectivity index (χ3v) is 10.5. The molecule has 1 saturated heterocycles. The van der Waals surface area contributed by atoms with Gasteiger partial charge in [0.05, 0.1) is 8.07 Å².